The Morgan fingerprint density at radius 2 is 1.86 bits per heavy atom. The van der Waals surface area contributed by atoms with Crippen LogP contribution in [0.2, 0.25) is 0 Å². The summed E-state index contributed by atoms with van der Waals surface area (Å²) in [5.41, 5.74) is 8.42. The lowest BCUT2D eigenvalue weighted by atomic mass is 10.1. The van der Waals surface area contributed by atoms with Gasteiger partial charge >= 0.3 is 0 Å². The molecule has 0 aliphatic rings. The van der Waals surface area contributed by atoms with E-state index in [1.807, 2.05) is 0 Å². The highest BCUT2D eigenvalue weighted by Crippen LogP contribution is 2.31. The molecule has 0 spiro atoms. The molecule has 0 aliphatic heterocycles. The molecule has 4 aromatic rings. The minimum Gasteiger partial charge on any atom is -0.345 e. The van der Waals surface area contributed by atoms with Crippen molar-refractivity contribution in [3.05, 3.63) is 59.5 Å². The third kappa shape index (κ3) is 1.64. The van der Waals surface area contributed by atoms with Gasteiger partial charge in [-0.15, -0.1) is 0 Å². The summed E-state index contributed by atoms with van der Waals surface area (Å²) < 4.78 is 2.34. The Labute approximate surface area is 123 Å². The second-order valence-corrected chi connectivity index (χ2v) is 5.62. The smallest absolute Gasteiger partial charge is 0.0931 e. The zero-order valence-electron chi connectivity index (χ0n) is 12.4. The Hall–Kier alpha value is -2.55. The van der Waals surface area contributed by atoms with Crippen molar-refractivity contribution in [1.29, 1.82) is 0 Å². The van der Waals surface area contributed by atoms with Crippen LogP contribution in [0.1, 0.15) is 16.8 Å². The van der Waals surface area contributed by atoms with Crippen molar-refractivity contribution >= 4 is 21.9 Å². The van der Waals surface area contributed by atoms with E-state index in [2.05, 4.69) is 71.7 Å². The summed E-state index contributed by atoms with van der Waals surface area (Å²) in [5, 5.41) is 1.32. The van der Waals surface area contributed by atoms with Crippen molar-refractivity contribution in [1.82, 2.24) is 14.5 Å². The van der Waals surface area contributed by atoms with E-state index in [0.29, 0.717) is 0 Å². The summed E-state index contributed by atoms with van der Waals surface area (Å²) >= 11 is 0. The Kier molecular flexibility index (Phi) is 2.45. The highest BCUT2D eigenvalue weighted by Gasteiger charge is 2.14. The number of para-hydroxylation sites is 1. The molecule has 0 atom stereocenters. The molecule has 0 amide bonds. The number of fused-ring (bicyclic) bond motifs is 2. The van der Waals surface area contributed by atoms with Crippen molar-refractivity contribution in [2.24, 2.45) is 0 Å². The fraction of sp³-hybridized carbons (Fsp3) is 0.167. The Balaban J connectivity index is 2.13. The molecule has 1 N–H and O–H groups in total. The Morgan fingerprint density at radius 3 is 2.71 bits per heavy atom. The molecule has 2 aromatic heterocycles. The van der Waals surface area contributed by atoms with Crippen LogP contribution < -0.4 is 0 Å². The number of hydrogen-bond acceptors (Lipinski definition) is 1. The lowest BCUT2D eigenvalue weighted by Crippen LogP contribution is -1.99. The van der Waals surface area contributed by atoms with Gasteiger partial charge in [-0.1, -0.05) is 18.2 Å². The third-order valence-corrected chi connectivity index (χ3v) is 4.41. The number of H-pyrrole nitrogens is 1. The van der Waals surface area contributed by atoms with Crippen molar-refractivity contribution < 1.29 is 0 Å². The van der Waals surface area contributed by atoms with E-state index in [9.17, 15) is 0 Å². The normalized spacial score (nSPS) is 11.6. The predicted octanol–water partition coefficient (Wildman–Crippen LogP) is 4.43. The molecular formula is C18H17N3. The molecule has 0 aliphatic carbocycles. The second kappa shape index (κ2) is 4.22. The highest BCUT2D eigenvalue weighted by molar-refractivity contribution is 5.88. The molecule has 3 heteroatoms. The SMILES string of the molecule is Cc1cc2[nH]cnc2cc1-n1c(C)c(C)c2ccccc21. The van der Waals surface area contributed by atoms with Gasteiger partial charge in [0.05, 0.1) is 28.6 Å². The van der Waals surface area contributed by atoms with Gasteiger partial charge in [-0.25, -0.2) is 4.98 Å². The van der Waals surface area contributed by atoms with Crippen LogP contribution in [-0.4, -0.2) is 14.5 Å². The molecule has 0 fully saturated rings. The number of aryl methyl sites for hydroxylation is 2. The van der Waals surface area contributed by atoms with E-state index in [0.717, 1.165) is 11.0 Å². The van der Waals surface area contributed by atoms with E-state index in [4.69, 9.17) is 0 Å². The minimum atomic E-state index is 1.01. The monoisotopic (exact) mass is 275 g/mol. The van der Waals surface area contributed by atoms with Gasteiger partial charge in [0, 0.05) is 11.1 Å². The first-order valence-electron chi connectivity index (χ1n) is 7.17. The number of nitrogens with one attached hydrogen (secondary N) is 1. The summed E-state index contributed by atoms with van der Waals surface area (Å²) in [4.78, 5) is 7.57. The first-order chi connectivity index (χ1) is 10.2. The van der Waals surface area contributed by atoms with Crippen LogP contribution >= 0.6 is 0 Å². The summed E-state index contributed by atoms with van der Waals surface area (Å²) in [5.74, 6) is 0. The molecule has 21 heavy (non-hydrogen) atoms. The maximum absolute atomic E-state index is 4.39. The van der Waals surface area contributed by atoms with E-state index in [1.165, 1.54) is 33.4 Å². The van der Waals surface area contributed by atoms with Gasteiger partial charge in [-0.3, -0.25) is 0 Å². The lowest BCUT2D eigenvalue weighted by Gasteiger charge is -2.12. The van der Waals surface area contributed by atoms with Gasteiger partial charge in [0.2, 0.25) is 0 Å². The number of aromatic nitrogens is 3. The number of nitrogens with zero attached hydrogens (tertiary/aromatic N) is 2. The Bertz CT molecular complexity index is 973. The van der Waals surface area contributed by atoms with Crippen LogP contribution in [0, 0.1) is 20.8 Å². The molecule has 4 rings (SSSR count). The molecule has 0 radical (unpaired) electrons. The fourth-order valence-corrected chi connectivity index (χ4v) is 3.16. The van der Waals surface area contributed by atoms with Gasteiger partial charge in [0.25, 0.3) is 0 Å². The fourth-order valence-electron chi connectivity index (χ4n) is 3.16. The van der Waals surface area contributed by atoms with E-state index in [-0.39, 0.29) is 0 Å². The van der Waals surface area contributed by atoms with E-state index < -0.39 is 0 Å². The first-order valence-corrected chi connectivity index (χ1v) is 7.17. The van der Waals surface area contributed by atoms with Crippen LogP contribution in [0.5, 0.6) is 0 Å². The van der Waals surface area contributed by atoms with Crippen molar-refractivity contribution in [2.45, 2.75) is 20.8 Å². The molecule has 2 aromatic carbocycles. The van der Waals surface area contributed by atoms with Gasteiger partial charge in [0.1, 0.15) is 0 Å². The zero-order valence-corrected chi connectivity index (χ0v) is 12.4. The van der Waals surface area contributed by atoms with Crippen LogP contribution in [0.25, 0.3) is 27.6 Å². The van der Waals surface area contributed by atoms with E-state index >= 15 is 0 Å². The summed E-state index contributed by atoms with van der Waals surface area (Å²) in [6, 6.07) is 12.9. The van der Waals surface area contributed by atoms with Crippen LogP contribution in [-0.2, 0) is 0 Å². The zero-order chi connectivity index (χ0) is 14.6. The van der Waals surface area contributed by atoms with Crippen molar-refractivity contribution in [3.63, 3.8) is 0 Å². The summed E-state index contributed by atoms with van der Waals surface area (Å²) in [7, 11) is 0. The molecule has 0 saturated heterocycles. The van der Waals surface area contributed by atoms with Gasteiger partial charge in [-0.05, 0) is 50.1 Å². The molecule has 3 nitrogen and oxygen atoms in total. The topological polar surface area (TPSA) is 33.6 Å². The van der Waals surface area contributed by atoms with Crippen molar-refractivity contribution in [3.8, 4) is 5.69 Å². The van der Waals surface area contributed by atoms with E-state index in [1.54, 1.807) is 6.33 Å². The Morgan fingerprint density at radius 1 is 1.05 bits per heavy atom. The molecule has 0 unspecified atom stereocenters. The molecule has 0 saturated carbocycles. The number of rotatable bonds is 1. The number of imidazole rings is 1. The second-order valence-electron chi connectivity index (χ2n) is 5.62. The summed E-state index contributed by atoms with van der Waals surface area (Å²) in [6.45, 7) is 6.53. The maximum Gasteiger partial charge on any atom is 0.0931 e. The van der Waals surface area contributed by atoms with Crippen LogP contribution in [0.15, 0.2) is 42.7 Å². The number of benzene rings is 2. The lowest BCUT2D eigenvalue weighted by molar-refractivity contribution is 1.03. The predicted molar refractivity (Wildman–Crippen MR) is 87.1 cm³/mol. The quantitative estimate of drug-likeness (QED) is 0.547. The van der Waals surface area contributed by atoms with Crippen LogP contribution in [0.3, 0.4) is 0 Å². The average molecular weight is 275 g/mol. The van der Waals surface area contributed by atoms with Gasteiger partial charge in [-0.2, -0.15) is 0 Å². The first kappa shape index (κ1) is 12.2. The van der Waals surface area contributed by atoms with Gasteiger partial charge < -0.3 is 9.55 Å². The number of aromatic amines is 1. The average Bonchev–Trinajstić information content (AvgIpc) is 3.03. The molecule has 0 bridgehead atoms. The molecule has 2 heterocycles. The minimum absolute atomic E-state index is 1.01. The van der Waals surface area contributed by atoms with Crippen molar-refractivity contribution in [2.75, 3.05) is 0 Å². The van der Waals surface area contributed by atoms with Gasteiger partial charge in [0.15, 0.2) is 0 Å². The standard InChI is InChI=1S/C18H17N3/c1-11-8-15-16(20-10-19-15)9-18(11)21-13(3)12(2)14-6-4-5-7-17(14)21/h4-10H,1-3H3,(H,19,20). The summed E-state index contributed by atoms with van der Waals surface area (Å²) in [6.07, 6.45) is 1.75. The maximum atomic E-state index is 4.39. The molecular weight excluding hydrogens is 258 g/mol. The largest absolute Gasteiger partial charge is 0.345 e. The van der Waals surface area contributed by atoms with Crippen LogP contribution in [0.4, 0.5) is 0 Å². The third-order valence-electron chi connectivity index (χ3n) is 4.41. The highest BCUT2D eigenvalue weighted by atomic mass is 15.0. The molecule has 104 valence electrons. The number of hydrogen-bond donors (Lipinski definition) is 1.